The lowest BCUT2D eigenvalue weighted by Gasteiger charge is -2.14. The molecular formula is C11H17N3O4. The normalized spacial score (nSPS) is 11.9. The Balaban J connectivity index is 2.93. The summed E-state index contributed by atoms with van der Waals surface area (Å²) in [6.45, 7) is 2.04. The predicted octanol–water partition coefficient (Wildman–Crippen LogP) is -0.401. The van der Waals surface area contributed by atoms with Gasteiger partial charge in [-0.25, -0.2) is 9.78 Å². The number of rotatable bonds is 6. The Morgan fingerprint density at radius 1 is 1.67 bits per heavy atom. The first kappa shape index (κ1) is 14.2. The molecule has 1 rings (SSSR count). The van der Waals surface area contributed by atoms with Crippen LogP contribution in [-0.2, 0) is 16.1 Å². The van der Waals surface area contributed by atoms with Gasteiger partial charge in [0.25, 0.3) is 5.56 Å². The molecule has 7 nitrogen and oxygen atoms in total. The van der Waals surface area contributed by atoms with Crippen molar-refractivity contribution in [2.75, 3.05) is 19.0 Å². The number of ether oxygens (including phenoxy) is 1. The van der Waals surface area contributed by atoms with Crippen molar-refractivity contribution < 1.29 is 14.6 Å². The van der Waals surface area contributed by atoms with E-state index in [2.05, 4.69) is 15.0 Å². The molecule has 0 amide bonds. The van der Waals surface area contributed by atoms with Gasteiger partial charge in [-0.1, -0.05) is 6.92 Å². The number of aryl methyl sites for hydroxylation is 1. The SMILES string of the molecule is CCCn1ccnc(NC(CO)C(=O)OC)c1=O. The van der Waals surface area contributed by atoms with Gasteiger partial charge in [0.05, 0.1) is 13.7 Å². The van der Waals surface area contributed by atoms with Crippen molar-refractivity contribution in [3.05, 3.63) is 22.7 Å². The third kappa shape index (κ3) is 3.30. The lowest BCUT2D eigenvalue weighted by atomic mass is 10.3. The molecule has 1 aromatic heterocycles. The number of esters is 1. The summed E-state index contributed by atoms with van der Waals surface area (Å²) in [5.74, 6) is -0.625. The van der Waals surface area contributed by atoms with Gasteiger partial charge in [-0.2, -0.15) is 0 Å². The van der Waals surface area contributed by atoms with Crippen LogP contribution in [0.25, 0.3) is 0 Å². The first-order valence-corrected chi connectivity index (χ1v) is 5.64. The second kappa shape index (κ2) is 6.75. The highest BCUT2D eigenvalue weighted by Gasteiger charge is 2.19. The van der Waals surface area contributed by atoms with Crippen molar-refractivity contribution in [2.24, 2.45) is 0 Å². The molecule has 0 spiro atoms. The smallest absolute Gasteiger partial charge is 0.330 e. The molecule has 7 heteroatoms. The Morgan fingerprint density at radius 2 is 2.39 bits per heavy atom. The zero-order valence-electron chi connectivity index (χ0n) is 10.4. The largest absolute Gasteiger partial charge is 0.467 e. The van der Waals surface area contributed by atoms with Gasteiger partial charge in [0.15, 0.2) is 5.82 Å². The molecule has 100 valence electrons. The predicted molar refractivity (Wildman–Crippen MR) is 65.3 cm³/mol. The summed E-state index contributed by atoms with van der Waals surface area (Å²) < 4.78 is 5.98. The Labute approximate surface area is 104 Å². The molecular weight excluding hydrogens is 238 g/mol. The molecule has 1 aromatic rings. The van der Waals surface area contributed by atoms with E-state index < -0.39 is 18.6 Å². The van der Waals surface area contributed by atoms with Crippen molar-refractivity contribution >= 4 is 11.8 Å². The summed E-state index contributed by atoms with van der Waals surface area (Å²) in [7, 11) is 1.21. The zero-order valence-corrected chi connectivity index (χ0v) is 10.4. The minimum atomic E-state index is -0.993. The Kier molecular flexibility index (Phi) is 5.31. The second-order valence-corrected chi connectivity index (χ2v) is 3.68. The number of nitrogens with one attached hydrogen (secondary N) is 1. The van der Waals surface area contributed by atoms with Crippen molar-refractivity contribution in [2.45, 2.75) is 25.9 Å². The molecule has 0 aliphatic rings. The third-order valence-electron chi connectivity index (χ3n) is 2.36. The summed E-state index contributed by atoms with van der Waals surface area (Å²) in [5, 5.41) is 11.6. The van der Waals surface area contributed by atoms with Crippen molar-refractivity contribution in [3.63, 3.8) is 0 Å². The average molecular weight is 255 g/mol. The summed E-state index contributed by atoms with van der Waals surface area (Å²) >= 11 is 0. The fraction of sp³-hybridized carbons (Fsp3) is 0.545. The van der Waals surface area contributed by atoms with Crippen LogP contribution in [0.4, 0.5) is 5.82 Å². The lowest BCUT2D eigenvalue weighted by molar-refractivity contribution is -0.142. The molecule has 18 heavy (non-hydrogen) atoms. The number of carbonyl (C=O) groups excluding carboxylic acids is 1. The number of carbonyl (C=O) groups is 1. The summed E-state index contributed by atoms with van der Waals surface area (Å²) in [6, 6.07) is -0.993. The van der Waals surface area contributed by atoms with Gasteiger partial charge in [0.2, 0.25) is 0 Å². The van der Waals surface area contributed by atoms with E-state index in [0.717, 1.165) is 6.42 Å². The summed E-state index contributed by atoms with van der Waals surface area (Å²) in [4.78, 5) is 27.1. The van der Waals surface area contributed by atoms with Crippen LogP contribution >= 0.6 is 0 Å². The quantitative estimate of drug-likeness (QED) is 0.672. The number of aliphatic hydroxyl groups is 1. The number of hydrogen-bond acceptors (Lipinski definition) is 6. The van der Waals surface area contributed by atoms with Crippen LogP contribution in [0.5, 0.6) is 0 Å². The molecule has 1 atom stereocenters. The third-order valence-corrected chi connectivity index (χ3v) is 2.36. The first-order valence-electron chi connectivity index (χ1n) is 5.64. The standard InChI is InChI=1S/C11H17N3O4/c1-3-5-14-6-4-12-9(10(14)16)13-8(7-15)11(17)18-2/h4,6,8,15H,3,5,7H2,1-2H3,(H,12,13). The van der Waals surface area contributed by atoms with Crippen LogP contribution in [0, 0.1) is 0 Å². The van der Waals surface area contributed by atoms with Gasteiger partial charge in [-0.15, -0.1) is 0 Å². The van der Waals surface area contributed by atoms with Crippen LogP contribution < -0.4 is 10.9 Å². The van der Waals surface area contributed by atoms with Crippen molar-refractivity contribution in [1.29, 1.82) is 0 Å². The Morgan fingerprint density at radius 3 is 2.94 bits per heavy atom. The topological polar surface area (TPSA) is 93.5 Å². The molecule has 2 N–H and O–H groups in total. The maximum Gasteiger partial charge on any atom is 0.330 e. The monoisotopic (exact) mass is 255 g/mol. The van der Waals surface area contributed by atoms with Crippen molar-refractivity contribution in [3.8, 4) is 0 Å². The van der Waals surface area contributed by atoms with E-state index in [9.17, 15) is 9.59 Å². The van der Waals surface area contributed by atoms with Crippen LogP contribution in [0.3, 0.4) is 0 Å². The van der Waals surface area contributed by atoms with E-state index in [-0.39, 0.29) is 11.4 Å². The number of aliphatic hydroxyl groups excluding tert-OH is 1. The van der Waals surface area contributed by atoms with Crippen LogP contribution in [0.1, 0.15) is 13.3 Å². The Bertz CT molecular complexity index is 458. The first-order chi connectivity index (χ1) is 8.63. The molecule has 0 radical (unpaired) electrons. The number of anilines is 1. The fourth-order valence-electron chi connectivity index (χ4n) is 1.45. The van der Waals surface area contributed by atoms with Gasteiger partial charge < -0.3 is 19.7 Å². The van der Waals surface area contributed by atoms with E-state index >= 15 is 0 Å². The molecule has 0 fully saturated rings. The van der Waals surface area contributed by atoms with Crippen molar-refractivity contribution in [1.82, 2.24) is 9.55 Å². The van der Waals surface area contributed by atoms with Crippen LogP contribution in [0.15, 0.2) is 17.2 Å². The molecule has 0 saturated heterocycles. The average Bonchev–Trinajstić information content (AvgIpc) is 2.39. The van der Waals surface area contributed by atoms with Crippen LogP contribution in [-0.4, -0.2) is 40.4 Å². The number of aromatic nitrogens is 2. The van der Waals surface area contributed by atoms with E-state index in [4.69, 9.17) is 5.11 Å². The Hall–Kier alpha value is -1.89. The van der Waals surface area contributed by atoms with Crippen LogP contribution in [0.2, 0.25) is 0 Å². The van der Waals surface area contributed by atoms with E-state index in [1.807, 2.05) is 6.92 Å². The minimum absolute atomic E-state index is 0.0235. The lowest BCUT2D eigenvalue weighted by Crippen LogP contribution is -2.37. The molecule has 0 aliphatic carbocycles. The molecule has 1 heterocycles. The molecule has 0 bridgehead atoms. The van der Waals surface area contributed by atoms with Gasteiger partial charge in [0, 0.05) is 18.9 Å². The highest BCUT2D eigenvalue weighted by molar-refractivity contribution is 5.78. The van der Waals surface area contributed by atoms with E-state index in [1.165, 1.54) is 17.9 Å². The maximum absolute atomic E-state index is 11.9. The molecule has 1 unspecified atom stereocenters. The molecule has 0 aliphatic heterocycles. The van der Waals surface area contributed by atoms with Gasteiger partial charge in [-0.3, -0.25) is 4.79 Å². The van der Waals surface area contributed by atoms with E-state index in [0.29, 0.717) is 6.54 Å². The maximum atomic E-state index is 11.9. The zero-order chi connectivity index (χ0) is 13.5. The molecule has 0 aromatic carbocycles. The van der Waals surface area contributed by atoms with E-state index in [1.54, 1.807) is 6.20 Å². The van der Waals surface area contributed by atoms with Gasteiger partial charge >= 0.3 is 5.97 Å². The molecule has 0 saturated carbocycles. The highest BCUT2D eigenvalue weighted by atomic mass is 16.5. The number of nitrogens with zero attached hydrogens (tertiary/aromatic N) is 2. The summed E-state index contributed by atoms with van der Waals surface area (Å²) in [6.07, 6.45) is 3.85. The number of methoxy groups -OCH3 is 1. The van der Waals surface area contributed by atoms with Gasteiger partial charge in [-0.05, 0) is 6.42 Å². The summed E-state index contributed by atoms with van der Waals surface area (Å²) in [5.41, 5.74) is -0.332. The van der Waals surface area contributed by atoms with Gasteiger partial charge in [0.1, 0.15) is 6.04 Å². The highest BCUT2D eigenvalue weighted by Crippen LogP contribution is 1.99. The fourth-order valence-corrected chi connectivity index (χ4v) is 1.45. The second-order valence-electron chi connectivity index (χ2n) is 3.68. The minimum Gasteiger partial charge on any atom is -0.467 e. The number of hydrogen-bond donors (Lipinski definition) is 2.